The molecule has 0 spiro atoms. The lowest BCUT2D eigenvalue weighted by Gasteiger charge is -2.26. The van der Waals surface area contributed by atoms with Crippen molar-refractivity contribution in [3.05, 3.63) is 53.9 Å². The zero-order valence-corrected chi connectivity index (χ0v) is 18.8. The number of nitrogens with zero attached hydrogens (tertiary/aromatic N) is 4. The first-order valence-corrected chi connectivity index (χ1v) is 9.71. The van der Waals surface area contributed by atoms with Crippen LogP contribution < -0.4 is 10.6 Å². The van der Waals surface area contributed by atoms with E-state index in [2.05, 4.69) is 51.8 Å². The number of hydrogen-bond donors (Lipinski definition) is 2. The molecule has 154 valence electrons. The van der Waals surface area contributed by atoms with Crippen molar-refractivity contribution in [3.63, 3.8) is 0 Å². The molecule has 0 atom stereocenters. The minimum atomic E-state index is 0. The van der Waals surface area contributed by atoms with Crippen molar-refractivity contribution in [1.29, 1.82) is 0 Å². The standard InChI is InChI=1S/C20H30N6O.HI/c1-2-21-20(22-9-11-25-12-14-27-15-13-25)23-16-18-6-3-4-7-19(18)17-26-10-5-8-24-26;/h3-8,10H,2,9,11-17H2,1H3,(H2,21,22,23);1H. The van der Waals surface area contributed by atoms with Crippen molar-refractivity contribution in [2.24, 2.45) is 4.99 Å². The van der Waals surface area contributed by atoms with Gasteiger partial charge in [-0.3, -0.25) is 9.58 Å². The number of guanidine groups is 1. The maximum Gasteiger partial charge on any atom is 0.191 e. The Labute approximate surface area is 184 Å². The number of nitrogens with one attached hydrogen (secondary N) is 2. The molecule has 0 radical (unpaired) electrons. The van der Waals surface area contributed by atoms with E-state index in [0.717, 1.165) is 58.4 Å². The van der Waals surface area contributed by atoms with E-state index in [-0.39, 0.29) is 24.0 Å². The van der Waals surface area contributed by atoms with Gasteiger partial charge in [0.25, 0.3) is 0 Å². The number of ether oxygens (including phenoxy) is 1. The monoisotopic (exact) mass is 498 g/mol. The van der Waals surface area contributed by atoms with Crippen molar-refractivity contribution in [2.45, 2.75) is 20.0 Å². The van der Waals surface area contributed by atoms with Crippen LogP contribution in [0.3, 0.4) is 0 Å². The molecule has 1 aliphatic rings. The molecule has 0 bridgehead atoms. The summed E-state index contributed by atoms with van der Waals surface area (Å²) in [6.45, 7) is 9.91. The van der Waals surface area contributed by atoms with Crippen LogP contribution in [0.2, 0.25) is 0 Å². The summed E-state index contributed by atoms with van der Waals surface area (Å²) in [5, 5.41) is 11.1. The molecule has 2 heterocycles. The minimum Gasteiger partial charge on any atom is -0.379 e. The molecule has 1 saturated heterocycles. The first kappa shape index (κ1) is 22.6. The van der Waals surface area contributed by atoms with E-state index in [1.807, 2.05) is 23.1 Å². The topological polar surface area (TPSA) is 66.7 Å². The van der Waals surface area contributed by atoms with Gasteiger partial charge in [-0.1, -0.05) is 24.3 Å². The van der Waals surface area contributed by atoms with E-state index >= 15 is 0 Å². The van der Waals surface area contributed by atoms with E-state index in [0.29, 0.717) is 6.54 Å². The van der Waals surface area contributed by atoms with Crippen LogP contribution in [-0.4, -0.2) is 66.6 Å². The Morgan fingerprint density at radius 1 is 1.14 bits per heavy atom. The maximum atomic E-state index is 5.40. The first-order chi connectivity index (χ1) is 13.3. The fourth-order valence-electron chi connectivity index (χ4n) is 3.10. The molecule has 0 unspecified atom stereocenters. The molecule has 3 rings (SSSR count). The van der Waals surface area contributed by atoms with E-state index in [1.165, 1.54) is 11.1 Å². The predicted molar refractivity (Wildman–Crippen MR) is 123 cm³/mol. The first-order valence-electron chi connectivity index (χ1n) is 9.71. The summed E-state index contributed by atoms with van der Waals surface area (Å²) >= 11 is 0. The third kappa shape index (κ3) is 7.40. The molecule has 8 heteroatoms. The van der Waals surface area contributed by atoms with Gasteiger partial charge in [0, 0.05) is 45.1 Å². The van der Waals surface area contributed by atoms with Gasteiger partial charge in [-0.15, -0.1) is 24.0 Å². The number of hydrogen-bond acceptors (Lipinski definition) is 4. The lowest BCUT2D eigenvalue weighted by molar-refractivity contribution is 0.0389. The van der Waals surface area contributed by atoms with Crippen LogP contribution in [-0.2, 0) is 17.8 Å². The van der Waals surface area contributed by atoms with Crippen LogP contribution in [0.5, 0.6) is 0 Å². The maximum absolute atomic E-state index is 5.40. The van der Waals surface area contributed by atoms with Crippen LogP contribution in [0, 0.1) is 0 Å². The highest BCUT2D eigenvalue weighted by Gasteiger charge is 2.10. The van der Waals surface area contributed by atoms with Crippen LogP contribution in [0.1, 0.15) is 18.1 Å². The number of halogens is 1. The van der Waals surface area contributed by atoms with Gasteiger partial charge in [0.1, 0.15) is 0 Å². The Kier molecular flexibility index (Phi) is 10.3. The zero-order chi connectivity index (χ0) is 18.7. The normalized spacial score (nSPS) is 15.1. The van der Waals surface area contributed by atoms with E-state index in [1.54, 1.807) is 0 Å². The Balaban J connectivity index is 0.00000280. The average molecular weight is 498 g/mol. The summed E-state index contributed by atoms with van der Waals surface area (Å²) in [7, 11) is 0. The molecule has 1 aliphatic heterocycles. The quantitative estimate of drug-likeness (QED) is 0.331. The third-order valence-electron chi connectivity index (χ3n) is 4.59. The molecule has 2 aromatic rings. The van der Waals surface area contributed by atoms with Crippen molar-refractivity contribution in [1.82, 2.24) is 25.3 Å². The van der Waals surface area contributed by atoms with Gasteiger partial charge in [0.15, 0.2) is 5.96 Å². The van der Waals surface area contributed by atoms with Crippen molar-refractivity contribution < 1.29 is 4.74 Å². The lowest BCUT2D eigenvalue weighted by Crippen LogP contribution is -2.44. The van der Waals surface area contributed by atoms with Crippen molar-refractivity contribution in [2.75, 3.05) is 45.9 Å². The highest BCUT2D eigenvalue weighted by molar-refractivity contribution is 14.0. The van der Waals surface area contributed by atoms with Gasteiger partial charge in [-0.25, -0.2) is 4.99 Å². The Morgan fingerprint density at radius 2 is 1.93 bits per heavy atom. The largest absolute Gasteiger partial charge is 0.379 e. The van der Waals surface area contributed by atoms with E-state index < -0.39 is 0 Å². The summed E-state index contributed by atoms with van der Waals surface area (Å²) in [6.07, 6.45) is 3.79. The molecule has 7 nitrogen and oxygen atoms in total. The summed E-state index contributed by atoms with van der Waals surface area (Å²) in [4.78, 5) is 7.19. The van der Waals surface area contributed by atoms with E-state index in [9.17, 15) is 0 Å². The molecule has 1 fully saturated rings. The third-order valence-corrected chi connectivity index (χ3v) is 4.59. The molecule has 1 aromatic carbocycles. The molecule has 1 aromatic heterocycles. The van der Waals surface area contributed by atoms with Crippen LogP contribution in [0.25, 0.3) is 0 Å². The van der Waals surface area contributed by atoms with Crippen molar-refractivity contribution >= 4 is 29.9 Å². The number of aliphatic imine (C=N–C) groups is 1. The van der Waals surface area contributed by atoms with Gasteiger partial charge in [0.2, 0.25) is 0 Å². The highest BCUT2D eigenvalue weighted by Crippen LogP contribution is 2.11. The second-order valence-electron chi connectivity index (χ2n) is 6.55. The number of rotatable bonds is 8. The molecule has 2 N–H and O–H groups in total. The molecule has 0 saturated carbocycles. The molecule has 0 amide bonds. The molecule has 28 heavy (non-hydrogen) atoms. The highest BCUT2D eigenvalue weighted by atomic mass is 127. The Bertz CT molecular complexity index is 700. The Morgan fingerprint density at radius 3 is 2.64 bits per heavy atom. The minimum absolute atomic E-state index is 0. The number of benzene rings is 1. The van der Waals surface area contributed by atoms with Crippen LogP contribution in [0.15, 0.2) is 47.7 Å². The van der Waals surface area contributed by atoms with Gasteiger partial charge in [-0.05, 0) is 24.1 Å². The molecule has 0 aliphatic carbocycles. The predicted octanol–water partition coefficient (Wildman–Crippen LogP) is 1.94. The molecular weight excluding hydrogens is 467 g/mol. The average Bonchev–Trinajstić information content (AvgIpc) is 3.21. The second kappa shape index (κ2) is 12.7. The SMILES string of the molecule is CCNC(=NCc1ccccc1Cn1cccn1)NCCN1CCOCC1.I. The lowest BCUT2D eigenvalue weighted by atomic mass is 10.1. The van der Waals surface area contributed by atoms with Gasteiger partial charge >= 0.3 is 0 Å². The van der Waals surface area contributed by atoms with Gasteiger partial charge in [-0.2, -0.15) is 5.10 Å². The summed E-state index contributed by atoms with van der Waals surface area (Å²) < 4.78 is 7.34. The van der Waals surface area contributed by atoms with Gasteiger partial charge < -0.3 is 15.4 Å². The van der Waals surface area contributed by atoms with Crippen LogP contribution in [0.4, 0.5) is 0 Å². The van der Waals surface area contributed by atoms with Crippen LogP contribution >= 0.6 is 24.0 Å². The summed E-state index contributed by atoms with van der Waals surface area (Å²) in [6, 6.07) is 10.4. The fraction of sp³-hybridized carbons (Fsp3) is 0.500. The number of morpholine rings is 1. The zero-order valence-electron chi connectivity index (χ0n) is 16.5. The van der Waals surface area contributed by atoms with Crippen molar-refractivity contribution in [3.8, 4) is 0 Å². The Hall–Kier alpha value is -1.65. The second-order valence-corrected chi connectivity index (χ2v) is 6.55. The smallest absolute Gasteiger partial charge is 0.191 e. The fourth-order valence-corrected chi connectivity index (χ4v) is 3.10. The summed E-state index contributed by atoms with van der Waals surface area (Å²) in [5.74, 6) is 0.861. The summed E-state index contributed by atoms with van der Waals surface area (Å²) in [5.41, 5.74) is 2.47. The van der Waals surface area contributed by atoms with E-state index in [4.69, 9.17) is 9.73 Å². The molecular formula is C20H31IN6O. The van der Waals surface area contributed by atoms with Gasteiger partial charge in [0.05, 0.1) is 26.3 Å². The number of aromatic nitrogens is 2.